The lowest BCUT2D eigenvalue weighted by Crippen LogP contribution is -2.12. The van der Waals surface area contributed by atoms with Crippen molar-refractivity contribution in [2.75, 3.05) is 5.32 Å². The molecule has 28 heavy (non-hydrogen) atoms. The third-order valence-electron chi connectivity index (χ3n) is 3.66. The molecule has 140 valence electrons. The van der Waals surface area contributed by atoms with Crippen LogP contribution < -0.4 is 5.32 Å². The fourth-order valence-corrected chi connectivity index (χ4v) is 4.81. The lowest BCUT2D eigenvalue weighted by atomic mass is 10.2. The molecule has 9 heteroatoms. The van der Waals surface area contributed by atoms with Crippen LogP contribution in [0.25, 0.3) is 10.6 Å². The highest BCUT2D eigenvalue weighted by atomic mass is 32.2. The van der Waals surface area contributed by atoms with E-state index in [0.717, 1.165) is 15.7 Å². The molecule has 0 bridgehead atoms. The van der Waals surface area contributed by atoms with Gasteiger partial charge in [-0.1, -0.05) is 53.4 Å². The van der Waals surface area contributed by atoms with Crippen molar-refractivity contribution in [3.05, 3.63) is 77.1 Å². The first kappa shape index (κ1) is 18.7. The summed E-state index contributed by atoms with van der Waals surface area (Å²) in [5.41, 5.74) is 2.25. The van der Waals surface area contributed by atoms with Gasteiger partial charge in [-0.25, -0.2) is 9.37 Å². The molecule has 0 unspecified atom stereocenters. The Kier molecular flexibility index (Phi) is 5.75. The van der Waals surface area contributed by atoms with Crippen molar-refractivity contribution in [2.24, 2.45) is 0 Å². The standard InChI is InChI=1S/C19H13FN4OS3/c20-14-8-6-13(7-9-14)17-21-15(11-26-17)16(25)22-18-23-24-19(28-18)27-10-12-4-2-1-3-5-12/h1-9,11H,10H2,(H,22,23,25). The van der Waals surface area contributed by atoms with Crippen LogP contribution in [0.15, 0.2) is 64.3 Å². The molecule has 0 saturated carbocycles. The van der Waals surface area contributed by atoms with E-state index in [4.69, 9.17) is 0 Å². The summed E-state index contributed by atoms with van der Waals surface area (Å²) in [5.74, 6) is 0.132. The second-order valence-electron chi connectivity index (χ2n) is 5.65. The summed E-state index contributed by atoms with van der Waals surface area (Å²) in [7, 11) is 0. The van der Waals surface area contributed by atoms with E-state index in [-0.39, 0.29) is 17.4 Å². The Morgan fingerprint density at radius 1 is 1.07 bits per heavy atom. The molecular formula is C19H13FN4OS3. The number of carbonyl (C=O) groups excluding carboxylic acids is 1. The Morgan fingerprint density at radius 3 is 2.64 bits per heavy atom. The number of hydrogen-bond acceptors (Lipinski definition) is 7. The molecule has 4 rings (SSSR count). The molecule has 2 aromatic carbocycles. The van der Waals surface area contributed by atoms with Crippen LogP contribution in [0, 0.1) is 5.82 Å². The van der Waals surface area contributed by atoms with Crippen LogP contribution in [0.5, 0.6) is 0 Å². The van der Waals surface area contributed by atoms with Gasteiger partial charge in [0.2, 0.25) is 5.13 Å². The number of hydrogen-bond donors (Lipinski definition) is 1. The van der Waals surface area contributed by atoms with Crippen molar-refractivity contribution >= 4 is 45.5 Å². The number of rotatable bonds is 6. The van der Waals surface area contributed by atoms with E-state index in [1.165, 1.54) is 40.4 Å². The number of nitrogens with zero attached hydrogens (tertiary/aromatic N) is 3. The summed E-state index contributed by atoms with van der Waals surface area (Å²) >= 11 is 4.22. The molecule has 2 aromatic heterocycles. The highest BCUT2D eigenvalue weighted by Crippen LogP contribution is 2.29. The van der Waals surface area contributed by atoms with Crippen molar-refractivity contribution in [1.29, 1.82) is 0 Å². The summed E-state index contributed by atoms with van der Waals surface area (Å²) in [5, 5.41) is 13.6. The fraction of sp³-hybridized carbons (Fsp3) is 0.0526. The number of aromatic nitrogens is 3. The minimum Gasteiger partial charge on any atom is -0.295 e. The lowest BCUT2D eigenvalue weighted by molar-refractivity contribution is 0.102. The van der Waals surface area contributed by atoms with E-state index >= 15 is 0 Å². The minimum atomic E-state index is -0.347. The van der Waals surface area contributed by atoms with Gasteiger partial charge in [-0.15, -0.1) is 21.5 Å². The zero-order chi connectivity index (χ0) is 19.3. The van der Waals surface area contributed by atoms with Crippen molar-refractivity contribution in [3.8, 4) is 10.6 Å². The van der Waals surface area contributed by atoms with Gasteiger partial charge in [0.05, 0.1) is 0 Å². The van der Waals surface area contributed by atoms with Crippen molar-refractivity contribution in [1.82, 2.24) is 15.2 Å². The zero-order valence-corrected chi connectivity index (χ0v) is 16.8. The SMILES string of the molecule is O=C(Nc1nnc(SCc2ccccc2)s1)c1csc(-c2ccc(F)cc2)n1. The van der Waals surface area contributed by atoms with E-state index in [1.807, 2.05) is 18.2 Å². The average molecular weight is 429 g/mol. The average Bonchev–Trinajstić information content (AvgIpc) is 3.38. The van der Waals surface area contributed by atoms with Gasteiger partial charge < -0.3 is 0 Å². The summed E-state index contributed by atoms with van der Waals surface area (Å²) in [6, 6.07) is 16.1. The van der Waals surface area contributed by atoms with Crippen molar-refractivity contribution < 1.29 is 9.18 Å². The molecule has 0 atom stereocenters. The Labute approximate surface area is 172 Å². The number of anilines is 1. The van der Waals surface area contributed by atoms with E-state index in [9.17, 15) is 9.18 Å². The summed E-state index contributed by atoms with van der Waals surface area (Å²) in [4.78, 5) is 16.7. The molecule has 5 nitrogen and oxygen atoms in total. The highest BCUT2D eigenvalue weighted by Gasteiger charge is 2.15. The van der Waals surface area contributed by atoms with Gasteiger partial charge >= 0.3 is 0 Å². The van der Waals surface area contributed by atoms with Crippen molar-refractivity contribution in [2.45, 2.75) is 10.1 Å². The Hall–Kier alpha value is -2.62. The van der Waals surface area contributed by atoms with E-state index in [2.05, 4.69) is 32.6 Å². The largest absolute Gasteiger partial charge is 0.295 e. The molecule has 4 aromatic rings. The zero-order valence-electron chi connectivity index (χ0n) is 14.3. The van der Waals surface area contributed by atoms with Crippen LogP contribution in [-0.4, -0.2) is 21.1 Å². The Balaban J connectivity index is 1.37. The number of nitrogens with one attached hydrogen (secondary N) is 1. The number of carbonyl (C=O) groups is 1. The van der Waals surface area contributed by atoms with Gasteiger partial charge in [-0.05, 0) is 29.8 Å². The van der Waals surface area contributed by atoms with Crippen LogP contribution in [-0.2, 0) is 5.75 Å². The maximum Gasteiger partial charge on any atom is 0.276 e. The number of halogens is 1. The van der Waals surface area contributed by atoms with Gasteiger partial charge in [0.25, 0.3) is 5.91 Å². The molecule has 1 N–H and O–H groups in total. The Morgan fingerprint density at radius 2 is 1.86 bits per heavy atom. The van der Waals surface area contributed by atoms with Gasteiger partial charge in [0, 0.05) is 16.7 Å². The number of thioether (sulfide) groups is 1. The number of benzene rings is 2. The molecule has 0 aliphatic carbocycles. The smallest absolute Gasteiger partial charge is 0.276 e. The van der Waals surface area contributed by atoms with Gasteiger partial charge in [-0.2, -0.15) is 0 Å². The maximum absolute atomic E-state index is 13.0. The van der Waals surface area contributed by atoms with Gasteiger partial charge in [0.15, 0.2) is 4.34 Å². The number of amides is 1. The van der Waals surface area contributed by atoms with E-state index in [0.29, 0.717) is 10.1 Å². The Bertz CT molecular complexity index is 1080. The predicted octanol–water partition coefficient (Wildman–Crippen LogP) is 5.35. The molecule has 0 aliphatic heterocycles. The highest BCUT2D eigenvalue weighted by molar-refractivity contribution is 8.00. The molecule has 0 saturated heterocycles. The van der Waals surface area contributed by atoms with Gasteiger partial charge in [0.1, 0.15) is 16.5 Å². The number of thiazole rings is 1. The van der Waals surface area contributed by atoms with Crippen LogP contribution >= 0.6 is 34.4 Å². The normalized spacial score (nSPS) is 10.8. The molecule has 0 spiro atoms. The first-order valence-corrected chi connectivity index (χ1v) is 10.9. The maximum atomic E-state index is 13.0. The van der Waals surface area contributed by atoms with E-state index < -0.39 is 0 Å². The molecule has 2 heterocycles. The molecule has 0 fully saturated rings. The first-order chi connectivity index (χ1) is 13.7. The van der Waals surface area contributed by atoms with E-state index in [1.54, 1.807) is 29.3 Å². The fourth-order valence-electron chi connectivity index (χ4n) is 2.30. The first-order valence-electron chi connectivity index (χ1n) is 8.20. The summed E-state index contributed by atoms with van der Waals surface area (Å²) in [6.07, 6.45) is 0. The topological polar surface area (TPSA) is 67.8 Å². The predicted molar refractivity (Wildman–Crippen MR) is 111 cm³/mol. The van der Waals surface area contributed by atoms with Crippen molar-refractivity contribution in [3.63, 3.8) is 0 Å². The summed E-state index contributed by atoms with van der Waals surface area (Å²) in [6.45, 7) is 0. The lowest BCUT2D eigenvalue weighted by Gasteiger charge is -1.98. The second-order valence-corrected chi connectivity index (χ2v) is 8.70. The molecular weight excluding hydrogens is 415 g/mol. The minimum absolute atomic E-state index is 0.290. The third kappa shape index (κ3) is 4.61. The monoisotopic (exact) mass is 428 g/mol. The van der Waals surface area contributed by atoms with Gasteiger partial charge in [-0.3, -0.25) is 10.1 Å². The second kappa shape index (κ2) is 8.59. The molecule has 0 aliphatic rings. The molecule has 0 radical (unpaired) electrons. The molecule has 1 amide bonds. The van der Waals surface area contributed by atoms with Crippen LogP contribution in [0.1, 0.15) is 16.1 Å². The van der Waals surface area contributed by atoms with Crippen LogP contribution in [0.3, 0.4) is 0 Å². The van der Waals surface area contributed by atoms with Crippen LogP contribution in [0.4, 0.5) is 9.52 Å². The third-order valence-corrected chi connectivity index (χ3v) is 6.59. The van der Waals surface area contributed by atoms with Crippen LogP contribution in [0.2, 0.25) is 0 Å². The summed E-state index contributed by atoms with van der Waals surface area (Å²) < 4.78 is 13.8. The quantitative estimate of drug-likeness (QED) is 0.331.